The van der Waals surface area contributed by atoms with Gasteiger partial charge < -0.3 is 10.2 Å². The summed E-state index contributed by atoms with van der Waals surface area (Å²) in [4.78, 5) is 6.82. The molecule has 17 heavy (non-hydrogen) atoms. The third kappa shape index (κ3) is 3.43. The van der Waals surface area contributed by atoms with Crippen molar-refractivity contribution in [3.63, 3.8) is 0 Å². The maximum absolute atomic E-state index is 4.53. The summed E-state index contributed by atoms with van der Waals surface area (Å²) in [6.07, 6.45) is 7.57. The largest absolute Gasteiger partial charge is 0.359 e. The molecule has 1 fully saturated rings. The first-order chi connectivity index (χ1) is 8.29. The zero-order valence-electron chi connectivity index (χ0n) is 10.9. The van der Waals surface area contributed by atoms with Crippen molar-refractivity contribution >= 4 is 5.82 Å². The summed E-state index contributed by atoms with van der Waals surface area (Å²) in [7, 11) is 4.11. The summed E-state index contributed by atoms with van der Waals surface area (Å²) in [5.74, 6) is 1.97. The molecule has 0 atom stereocenters. The highest BCUT2D eigenvalue weighted by Gasteiger charge is 2.17. The monoisotopic (exact) mass is 233 g/mol. The van der Waals surface area contributed by atoms with Crippen LogP contribution in [0.1, 0.15) is 31.2 Å². The molecule has 0 radical (unpaired) electrons. The van der Waals surface area contributed by atoms with Gasteiger partial charge in [-0.15, -0.1) is 0 Å². The van der Waals surface area contributed by atoms with E-state index >= 15 is 0 Å². The summed E-state index contributed by atoms with van der Waals surface area (Å²) in [6.45, 7) is 2.04. The van der Waals surface area contributed by atoms with E-state index in [2.05, 4.69) is 34.4 Å². The van der Waals surface area contributed by atoms with E-state index in [4.69, 9.17) is 0 Å². The zero-order valence-corrected chi connectivity index (χ0v) is 10.9. The maximum Gasteiger partial charge on any atom is 0.128 e. The van der Waals surface area contributed by atoms with Crippen LogP contribution in [0.4, 0.5) is 5.82 Å². The number of hydrogen-bond acceptors (Lipinski definition) is 3. The van der Waals surface area contributed by atoms with Crippen LogP contribution in [0.3, 0.4) is 0 Å². The molecule has 3 heteroatoms. The average molecular weight is 233 g/mol. The van der Waals surface area contributed by atoms with Crippen molar-refractivity contribution in [2.24, 2.45) is 5.92 Å². The molecule has 0 spiro atoms. The smallest absolute Gasteiger partial charge is 0.128 e. The molecule has 0 amide bonds. The molecule has 1 aliphatic carbocycles. The van der Waals surface area contributed by atoms with Gasteiger partial charge in [0.15, 0.2) is 0 Å². The molecule has 1 saturated carbocycles. The Hall–Kier alpha value is -1.09. The van der Waals surface area contributed by atoms with Crippen LogP contribution in [0.15, 0.2) is 18.3 Å². The molecule has 0 saturated heterocycles. The van der Waals surface area contributed by atoms with Crippen molar-refractivity contribution in [3.05, 3.63) is 23.9 Å². The van der Waals surface area contributed by atoms with Gasteiger partial charge >= 0.3 is 0 Å². The fraction of sp³-hybridized carbons (Fsp3) is 0.643. The van der Waals surface area contributed by atoms with Crippen molar-refractivity contribution < 1.29 is 0 Å². The fourth-order valence-electron chi connectivity index (χ4n) is 2.62. The van der Waals surface area contributed by atoms with E-state index in [0.29, 0.717) is 0 Å². The first kappa shape index (κ1) is 12.4. The number of aromatic nitrogens is 1. The quantitative estimate of drug-likeness (QED) is 0.846. The summed E-state index contributed by atoms with van der Waals surface area (Å²) >= 11 is 0. The third-order valence-corrected chi connectivity index (χ3v) is 3.59. The number of pyridine rings is 1. The molecule has 0 aliphatic heterocycles. The van der Waals surface area contributed by atoms with Gasteiger partial charge in [0.1, 0.15) is 5.82 Å². The number of rotatable bonds is 5. The molecule has 3 nitrogen and oxygen atoms in total. The summed E-state index contributed by atoms with van der Waals surface area (Å²) in [5, 5.41) is 3.14. The Bertz CT molecular complexity index is 328. The lowest BCUT2D eigenvalue weighted by atomic mass is 10.1. The molecular weight excluding hydrogens is 210 g/mol. The molecule has 0 bridgehead atoms. The molecule has 0 unspecified atom stereocenters. The normalized spacial score (nSPS) is 16.4. The van der Waals surface area contributed by atoms with Gasteiger partial charge in [-0.1, -0.05) is 18.9 Å². The van der Waals surface area contributed by atoms with Crippen LogP contribution in [0.25, 0.3) is 0 Å². The van der Waals surface area contributed by atoms with Crippen molar-refractivity contribution in [1.29, 1.82) is 0 Å². The van der Waals surface area contributed by atoms with Gasteiger partial charge in [-0.25, -0.2) is 4.98 Å². The average Bonchev–Trinajstić information content (AvgIpc) is 2.83. The standard InChI is InChI=1S/C14H23N3/c1-15-9-13-7-8-14(16-10-13)17(2)11-12-5-3-4-6-12/h7-8,10,12,15H,3-6,9,11H2,1-2H3. The lowest BCUT2D eigenvalue weighted by Gasteiger charge is -2.22. The first-order valence-corrected chi connectivity index (χ1v) is 6.60. The highest BCUT2D eigenvalue weighted by molar-refractivity contribution is 5.38. The SMILES string of the molecule is CNCc1ccc(N(C)CC2CCCC2)nc1. The number of anilines is 1. The van der Waals surface area contributed by atoms with Crippen LogP contribution in [0.2, 0.25) is 0 Å². The minimum Gasteiger partial charge on any atom is -0.359 e. The topological polar surface area (TPSA) is 28.2 Å². The lowest BCUT2D eigenvalue weighted by molar-refractivity contribution is 0.545. The number of nitrogens with one attached hydrogen (secondary N) is 1. The van der Waals surface area contributed by atoms with Crippen molar-refractivity contribution in [2.75, 3.05) is 25.5 Å². The van der Waals surface area contributed by atoms with Crippen LogP contribution in [-0.2, 0) is 6.54 Å². The Labute approximate surface area is 104 Å². The van der Waals surface area contributed by atoms with E-state index in [-0.39, 0.29) is 0 Å². The van der Waals surface area contributed by atoms with Gasteiger partial charge in [0.25, 0.3) is 0 Å². The highest BCUT2D eigenvalue weighted by Crippen LogP contribution is 2.26. The zero-order chi connectivity index (χ0) is 12.1. The minimum atomic E-state index is 0.874. The minimum absolute atomic E-state index is 0.874. The maximum atomic E-state index is 4.53. The van der Waals surface area contributed by atoms with E-state index in [9.17, 15) is 0 Å². The number of hydrogen-bond donors (Lipinski definition) is 1. The van der Waals surface area contributed by atoms with E-state index in [1.807, 2.05) is 13.2 Å². The molecule has 0 aromatic carbocycles. The second kappa shape index (κ2) is 6.01. The second-order valence-corrected chi connectivity index (χ2v) is 5.09. The van der Waals surface area contributed by atoms with Crippen molar-refractivity contribution in [1.82, 2.24) is 10.3 Å². The molecule has 2 rings (SSSR count). The van der Waals surface area contributed by atoms with Gasteiger partial charge in [0, 0.05) is 26.3 Å². The first-order valence-electron chi connectivity index (χ1n) is 6.60. The highest BCUT2D eigenvalue weighted by atomic mass is 15.2. The van der Waals surface area contributed by atoms with Crippen LogP contribution >= 0.6 is 0 Å². The molecule has 1 N–H and O–H groups in total. The van der Waals surface area contributed by atoms with Crippen molar-refractivity contribution in [3.8, 4) is 0 Å². The molecular formula is C14H23N3. The van der Waals surface area contributed by atoms with Crippen molar-refractivity contribution in [2.45, 2.75) is 32.2 Å². The van der Waals surface area contributed by atoms with Gasteiger partial charge in [-0.3, -0.25) is 0 Å². The molecule has 1 heterocycles. The lowest BCUT2D eigenvalue weighted by Crippen LogP contribution is -2.24. The van der Waals surface area contributed by atoms with Gasteiger partial charge in [0.05, 0.1) is 0 Å². The van der Waals surface area contributed by atoms with E-state index in [0.717, 1.165) is 24.8 Å². The number of nitrogens with zero attached hydrogens (tertiary/aromatic N) is 2. The molecule has 1 aliphatic rings. The predicted molar refractivity (Wildman–Crippen MR) is 72.2 cm³/mol. The summed E-state index contributed by atoms with van der Waals surface area (Å²) in [5.41, 5.74) is 1.24. The van der Waals surface area contributed by atoms with Gasteiger partial charge in [-0.2, -0.15) is 0 Å². The fourth-order valence-corrected chi connectivity index (χ4v) is 2.62. The van der Waals surface area contributed by atoms with Gasteiger partial charge in [0.2, 0.25) is 0 Å². The Balaban J connectivity index is 1.91. The molecule has 94 valence electrons. The third-order valence-electron chi connectivity index (χ3n) is 3.59. The Kier molecular flexibility index (Phi) is 4.37. The van der Waals surface area contributed by atoms with E-state index in [1.165, 1.54) is 31.2 Å². The van der Waals surface area contributed by atoms with Crippen LogP contribution in [0.5, 0.6) is 0 Å². The second-order valence-electron chi connectivity index (χ2n) is 5.09. The van der Waals surface area contributed by atoms with Crippen LogP contribution in [-0.4, -0.2) is 25.6 Å². The van der Waals surface area contributed by atoms with Crippen LogP contribution in [0, 0.1) is 5.92 Å². The summed E-state index contributed by atoms with van der Waals surface area (Å²) in [6, 6.07) is 4.28. The van der Waals surface area contributed by atoms with Gasteiger partial charge in [-0.05, 0) is 37.4 Å². The Morgan fingerprint density at radius 1 is 1.35 bits per heavy atom. The Morgan fingerprint density at radius 2 is 2.12 bits per heavy atom. The summed E-state index contributed by atoms with van der Waals surface area (Å²) < 4.78 is 0. The molecule has 1 aromatic rings. The predicted octanol–water partition coefficient (Wildman–Crippen LogP) is 2.43. The Morgan fingerprint density at radius 3 is 2.71 bits per heavy atom. The van der Waals surface area contributed by atoms with Crippen LogP contribution < -0.4 is 10.2 Å². The van der Waals surface area contributed by atoms with E-state index in [1.54, 1.807) is 0 Å². The van der Waals surface area contributed by atoms with E-state index < -0.39 is 0 Å². The molecule has 1 aromatic heterocycles.